The molecule has 1 aliphatic heterocycles. The van der Waals surface area contributed by atoms with Gasteiger partial charge in [-0.3, -0.25) is 0 Å². The number of benzene rings is 1. The Balaban J connectivity index is 2.27. The molecule has 0 unspecified atom stereocenters. The zero-order valence-corrected chi connectivity index (χ0v) is 12.5. The predicted octanol–water partition coefficient (Wildman–Crippen LogP) is 2.69. The summed E-state index contributed by atoms with van der Waals surface area (Å²) < 4.78 is 15.7. The molecule has 0 radical (unpaired) electrons. The fourth-order valence-corrected chi connectivity index (χ4v) is 1.89. The summed E-state index contributed by atoms with van der Waals surface area (Å²) in [6.07, 6.45) is 1.48. The second-order valence-electron chi connectivity index (χ2n) is 5.48. The Bertz CT molecular complexity index is 576. The van der Waals surface area contributed by atoms with Gasteiger partial charge in [0.1, 0.15) is 11.3 Å². The summed E-state index contributed by atoms with van der Waals surface area (Å²) in [6.45, 7) is 6.86. The summed E-state index contributed by atoms with van der Waals surface area (Å²) in [5.74, 6) is -1.94. The van der Waals surface area contributed by atoms with Crippen LogP contribution >= 0.6 is 0 Å². The lowest BCUT2D eigenvalue weighted by atomic mass is 10.1. The summed E-state index contributed by atoms with van der Waals surface area (Å²) >= 11 is 0. The number of cyclic esters (lactones) is 2. The number of hydrogen-bond acceptors (Lipinski definition) is 5. The van der Waals surface area contributed by atoms with Gasteiger partial charge in [0.25, 0.3) is 5.79 Å². The van der Waals surface area contributed by atoms with E-state index in [4.69, 9.17) is 14.2 Å². The van der Waals surface area contributed by atoms with Crippen molar-refractivity contribution >= 4 is 18.0 Å². The van der Waals surface area contributed by atoms with Crippen LogP contribution < -0.4 is 4.74 Å². The quantitative estimate of drug-likeness (QED) is 0.486. The molecule has 1 saturated heterocycles. The number of carbonyl (C=O) groups is 2. The lowest BCUT2D eigenvalue weighted by Crippen LogP contribution is -2.41. The SMILES string of the molecule is CC(C)Oc1cccc(C=C2C(=O)OC(C)(C)OC2=O)c1. The average molecular weight is 290 g/mol. The third kappa shape index (κ3) is 3.84. The van der Waals surface area contributed by atoms with Crippen LogP contribution in [0.1, 0.15) is 33.3 Å². The predicted molar refractivity (Wildman–Crippen MR) is 76.4 cm³/mol. The number of esters is 2. The van der Waals surface area contributed by atoms with E-state index in [9.17, 15) is 9.59 Å². The molecule has 0 aromatic heterocycles. The zero-order valence-electron chi connectivity index (χ0n) is 12.5. The monoisotopic (exact) mass is 290 g/mol. The highest BCUT2D eigenvalue weighted by Crippen LogP contribution is 2.25. The molecule has 1 aliphatic rings. The van der Waals surface area contributed by atoms with Crippen LogP contribution in [0.4, 0.5) is 0 Å². The first-order chi connectivity index (χ1) is 9.77. The third-order valence-electron chi connectivity index (χ3n) is 2.66. The maximum atomic E-state index is 11.9. The van der Waals surface area contributed by atoms with E-state index >= 15 is 0 Å². The topological polar surface area (TPSA) is 61.8 Å². The molecule has 0 bridgehead atoms. The van der Waals surface area contributed by atoms with Crippen molar-refractivity contribution in [3.63, 3.8) is 0 Å². The fourth-order valence-electron chi connectivity index (χ4n) is 1.89. The van der Waals surface area contributed by atoms with Gasteiger partial charge in [-0.25, -0.2) is 9.59 Å². The Kier molecular flexibility index (Phi) is 4.02. The second-order valence-corrected chi connectivity index (χ2v) is 5.48. The minimum Gasteiger partial charge on any atom is -0.491 e. The van der Waals surface area contributed by atoms with Crippen LogP contribution in [0.2, 0.25) is 0 Å². The molecule has 0 atom stereocenters. The van der Waals surface area contributed by atoms with E-state index in [0.29, 0.717) is 11.3 Å². The molecule has 0 N–H and O–H groups in total. The van der Waals surface area contributed by atoms with Gasteiger partial charge in [-0.05, 0) is 37.6 Å². The van der Waals surface area contributed by atoms with Crippen molar-refractivity contribution in [1.82, 2.24) is 0 Å². The molecule has 21 heavy (non-hydrogen) atoms. The molecule has 1 aromatic carbocycles. The lowest BCUT2D eigenvalue weighted by molar-refractivity contribution is -0.222. The van der Waals surface area contributed by atoms with Gasteiger partial charge in [0.05, 0.1) is 6.10 Å². The van der Waals surface area contributed by atoms with Crippen LogP contribution in [-0.2, 0) is 19.1 Å². The Hall–Kier alpha value is -2.30. The zero-order chi connectivity index (χ0) is 15.6. The van der Waals surface area contributed by atoms with E-state index < -0.39 is 17.7 Å². The van der Waals surface area contributed by atoms with Gasteiger partial charge < -0.3 is 14.2 Å². The highest BCUT2D eigenvalue weighted by atomic mass is 16.7. The molecule has 0 aliphatic carbocycles. The van der Waals surface area contributed by atoms with E-state index in [-0.39, 0.29) is 11.7 Å². The maximum absolute atomic E-state index is 11.9. The molecule has 0 spiro atoms. The molecule has 0 amide bonds. The van der Waals surface area contributed by atoms with Crippen LogP contribution in [0.15, 0.2) is 29.8 Å². The molecule has 2 rings (SSSR count). The van der Waals surface area contributed by atoms with Gasteiger partial charge in [0, 0.05) is 13.8 Å². The molecule has 112 valence electrons. The normalized spacial score (nSPS) is 17.3. The lowest BCUT2D eigenvalue weighted by Gasteiger charge is -2.29. The van der Waals surface area contributed by atoms with Crippen molar-refractivity contribution in [2.75, 3.05) is 0 Å². The highest BCUT2D eigenvalue weighted by Gasteiger charge is 2.38. The smallest absolute Gasteiger partial charge is 0.348 e. The van der Waals surface area contributed by atoms with Crippen molar-refractivity contribution in [3.8, 4) is 5.75 Å². The minimum absolute atomic E-state index is 0.0401. The standard InChI is InChI=1S/C16H18O5/c1-10(2)19-12-7-5-6-11(8-12)9-13-14(17)20-16(3,4)21-15(13)18/h5-10H,1-4H3. The Morgan fingerprint density at radius 1 is 1.14 bits per heavy atom. The van der Waals surface area contributed by atoms with Crippen LogP contribution in [0.25, 0.3) is 6.08 Å². The second kappa shape index (κ2) is 5.60. The number of hydrogen-bond donors (Lipinski definition) is 0. The van der Waals surface area contributed by atoms with Crippen LogP contribution in [0.3, 0.4) is 0 Å². The van der Waals surface area contributed by atoms with Crippen molar-refractivity contribution < 1.29 is 23.8 Å². The Morgan fingerprint density at radius 2 is 1.76 bits per heavy atom. The molecule has 5 nitrogen and oxygen atoms in total. The third-order valence-corrected chi connectivity index (χ3v) is 2.66. The molecular formula is C16H18O5. The van der Waals surface area contributed by atoms with Crippen molar-refractivity contribution in [3.05, 3.63) is 35.4 Å². The van der Waals surface area contributed by atoms with E-state index in [1.165, 1.54) is 19.9 Å². The summed E-state index contributed by atoms with van der Waals surface area (Å²) in [4.78, 5) is 23.7. The van der Waals surface area contributed by atoms with Gasteiger partial charge in [0.2, 0.25) is 0 Å². The summed E-state index contributed by atoms with van der Waals surface area (Å²) in [6, 6.07) is 7.10. The molecular weight excluding hydrogens is 272 g/mol. The van der Waals surface area contributed by atoms with Crippen LogP contribution in [-0.4, -0.2) is 23.8 Å². The van der Waals surface area contributed by atoms with E-state index in [2.05, 4.69) is 0 Å². The van der Waals surface area contributed by atoms with Crippen molar-refractivity contribution in [2.45, 2.75) is 39.6 Å². The first-order valence-electron chi connectivity index (χ1n) is 6.72. The Morgan fingerprint density at radius 3 is 2.33 bits per heavy atom. The molecule has 1 heterocycles. The molecule has 5 heteroatoms. The number of carbonyl (C=O) groups excluding carboxylic acids is 2. The van der Waals surface area contributed by atoms with Gasteiger partial charge in [-0.2, -0.15) is 0 Å². The van der Waals surface area contributed by atoms with Crippen LogP contribution in [0, 0.1) is 0 Å². The largest absolute Gasteiger partial charge is 0.491 e. The van der Waals surface area contributed by atoms with E-state index in [0.717, 1.165) is 0 Å². The minimum atomic E-state index is -1.23. The van der Waals surface area contributed by atoms with E-state index in [1.54, 1.807) is 18.2 Å². The molecule has 0 saturated carbocycles. The number of rotatable bonds is 3. The van der Waals surface area contributed by atoms with Crippen molar-refractivity contribution in [1.29, 1.82) is 0 Å². The summed E-state index contributed by atoms with van der Waals surface area (Å²) in [5, 5.41) is 0. The van der Waals surface area contributed by atoms with Gasteiger partial charge in [-0.15, -0.1) is 0 Å². The average Bonchev–Trinajstić information content (AvgIpc) is 2.32. The Labute approximate surface area is 123 Å². The van der Waals surface area contributed by atoms with E-state index in [1.807, 2.05) is 19.9 Å². The van der Waals surface area contributed by atoms with Gasteiger partial charge in [0.15, 0.2) is 0 Å². The van der Waals surface area contributed by atoms with Gasteiger partial charge in [-0.1, -0.05) is 12.1 Å². The first-order valence-corrected chi connectivity index (χ1v) is 6.72. The molecule has 1 aromatic rings. The highest BCUT2D eigenvalue weighted by molar-refractivity contribution is 6.18. The van der Waals surface area contributed by atoms with Crippen LogP contribution in [0.5, 0.6) is 5.75 Å². The summed E-state index contributed by atoms with van der Waals surface area (Å²) in [5.41, 5.74) is 0.535. The van der Waals surface area contributed by atoms with Crippen molar-refractivity contribution in [2.24, 2.45) is 0 Å². The van der Waals surface area contributed by atoms with Gasteiger partial charge >= 0.3 is 11.9 Å². The maximum Gasteiger partial charge on any atom is 0.348 e. The first kappa shape index (κ1) is 15.1. The number of ether oxygens (including phenoxy) is 3. The molecule has 1 fully saturated rings. The summed E-state index contributed by atoms with van der Waals surface area (Å²) in [7, 11) is 0. The fraction of sp³-hybridized carbons (Fsp3) is 0.375.